The maximum Gasteiger partial charge on any atom is 0.134 e. The fourth-order valence-corrected chi connectivity index (χ4v) is 3.86. The number of fused-ring (bicyclic) bond motifs is 1. The van der Waals surface area contributed by atoms with Crippen molar-refractivity contribution >= 4 is 33.5 Å². The normalized spacial score (nSPS) is 16.2. The van der Waals surface area contributed by atoms with Crippen LogP contribution in [0, 0.1) is 0 Å². The van der Waals surface area contributed by atoms with Crippen molar-refractivity contribution in [3.8, 4) is 5.75 Å². The van der Waals surface area contributed by atoms with Crippen LogP contribution < -0.4 is 10.1 Å². The van der Waals surface area contributed by atoms with Gasteiger partial charge in [0, 0.05) is 21.7 Å². The highest BCUT2D eigenvalue weighted by atomic mass is 79.9. The predicted octanol–water partition coefficient (Wildman–Crippen LogP) is 4.33. The van der Waals surface area contributed by atoms with E-state index in [9.17, 15) is 0 Å². The predicted molar refractivity (Wildman–Crippen MR) is 98.6 cm³/mol. The quantitative estimate of drug-likeness (QED) is 0.584. The first-order valence-corrected chi connectivity index (χ1v) is 9.51. The van der Waals surface area contributed by atoms with Crippen molar-refractivity contribution in [1.82, 2.24) is 9.97 Å². The molecule has 1 unspecified atom stereocenters. The molecule has 122 valence electrons. The van der Waals surface area contributed by atoms with Crippen LogP contribution in [0.25, 0.3) is 0 Å². The molecule has 2 aromatic rings. The molecule has 1 N–H and O–H groups in total. The van der Waals surface area contributed by atoms with Gasteiger partial charge in [-0.2, -0.15) is 0 Å². The Morgan fingerprint density at radius 2 is 2.09 bits per heavy atom. The van der Waals surface area contributed by atoms with Crippen LogP contribution in [-0.2, 0) is 12.8 Å². The summed E-state index contributed by atoms with van der Waals surface area (Å²) in [5, 5.41) is 5.14. The Morgan fingerprint density at radius 3 is 2.83 bits per heavy atom. The lowest BCUT2D eigenvalue weighted by atomic mass is 10.2. The number of benzene rings is 1. The number of anilines is 1. The van der Waals surface area contributed by atoms with E-state index in [-0.39, 0.29) is 0 Å². The third kappa shape index (κ3) is 4.18. The molecule has 1 atom stereocenters. The summed E-state index contributed by atoms with van der Waals surface area (Å²) in [4.78, 5) is 9.30. The first-order valence-electron chi connectivity index (χ1n) is 7.84. The SMILES string of the molecule is CCc1nc(NCCOc2ccc(Br)cc2)c2c(n1)SC(C)C2. The molecule has 1 aliphatic heterocycles. The largest absolute Gasteiger partial charge is 0.492 e. The highest BCUT2D eigenvalue weighted by Crippen LogP contribution is 2.38. The molecule has 0 spiro atoms. The van der Waals surface area contributed by atoms with Gasteiger partial charge in [-0.3, -0.25) is 0 Å². The second kappa shape index (κ2) is 7.53. The Bertz CT molecular complexity index is 678. The molecule has 0 saturated carbocycles. The Kier molecular flexibility index (Phi) is 5.43. The van der Waals surface area contributed by atoms with E-state index in [0.717, 1.165) is 46.3 Å². The standard InChI is InChI=1S/C17H20BrN3OS/c1-3-15-20-16(14-10-11(2)23-17(14)21-15)19-8-9-22-13-6-4-12(18)5-7-13/h4-7,11H,3,8-10H2,1-2H3,(H,19,20,21). The van der Waals surface area contributed by atoms with E-state index in [1.165, 1.54) is 5.56 Å². The van der Waals surface area contributed by atoms with Gasteiger partial charge >= 0.3 is 0 Å². The van der Waals surface area contributed by atoms with Gasteiger partial charge in [-0.05, 0) is 30.7 Å². The molecule has 0 saturated heterocycles. The molecule has 4 nitrogen and oxygen atoms in total. The minimum atomic E-state index is 0.575. The number of hydrogen-bond acceptors (Lipinski definition) is 5. The van der Waals surface area contributed by atoms with Gasteiger partial charge in [0.25, 0.3) is 0 Å². The lowest BCUT2D eigenvalue weighted by Crippen LogP contribution is -2.15. The summed E-state index contributed by atoms with van der Waals surface area (Å²) in [7, 11) is 0. The number of halogens is 1. The molecular formula is C17H20BrN3OS. The maximum absolute atomic E-state index is 5.75. The van der Waals surface area contributed by atoms with Gasteiger partial charge in [0.05, 0.1) is 6.54 Å². The summed E-state index contributed by atoms with van der Waals surface area (Å²) in [5.74, 6) is 2.76. The zero-order chi connectivity index (χ0) is 16.2. The number of nitrogens with one attached hydrogen (secondary N) is 1. The summed E-state index contributed by atoms with van der Waals surface area (Å²) in [5.41, 5.74) is 1.25. The van der Waals surface area contributed by atoms with Gasteiger partial charge in [0.1, 0.15) is 29.0 Å². The van der Waals surface area contributed by atoms with Crippen LogP contribution in [0.2, 0.25) is 0 Å². The average Bonchev–Trinajstić information content (AvgIpc) is 2.93. The summed E-state index contributed by atoms with van der Waals surface area (Å²) in [6.07, 6.45) is 1.88. The fourth-order valence-electron chi connectivity index (χ4n) is 2.48. The van der Waals surface area contributed by atoms with Crippen molar-refractivity contribution in [2.45, 2.75) is 37.0 Å². The van der Waals surface area contributed by atoms with Crippen LogP contribution >= 0.6 is 27.7 Å². The summed E-state index contributed by atoms with van der Waals surface area (Å²) >= 11 is 5.27. The van der Waals surface area contributed by atoms with Crippen LogP contribution in [0.1, 0.15) is 25.2 Å². The van der Waals surface area contributed by atoms with Crippen LogP contribution in [-0.4, -0.2) is 28.4 Å². The van der Waals surface area contributed by atoms with Crippen molar-refractivity contribution in [3.05, 3.63) is 40.1 Å². The molecule has 0 aliphatic carbocycles. The zero-order valence-electron chi connectivity index (χ0n) is 13.3. The van der Waals surface area contributed by atoms with Crippen LogP contribution in [0.3, 0.4) is 0 Å². The zero-order valence-corrected chi connectivity index (χ0v) is 15.7. The number of thioether (sulfide) groups is 1. The van der Waals surface area contributed by atoms with Crippen molar-refractivity contribution in [3.63, 3.8) is 0 Å². The number of nitrogens with zero attached hydrogens (tertiary/aromatic N) is 2. The molecule has 23 heavy (non-hydrogen) atoms. The Morgan fingerprint density at radius 1 is 1.30 bits per heavy atom. The van der Waals surface area contributed by atoms with E-state index in [0.29, 0.717) is 11.9 Å². The molecule has 0 bridgehead atoms. The number of aromatic nitrogens is 2. The van der Waals surface area contributed by atoms with Gasteiger partial charge < -0.3 is 10.1 Å². The Labute approximate surface area is 149 Å². The van der Waals surface area contributed by atoms with Gasteiger partial charge in [0.2, 0.25) is 0 Å². The second-order valence-corrected chi connectivity index (χ2v) is 7.83. The minimum Gasteiger partial charge on any atom is -0.492 e. The maximum atomic E-state index is 5.75. The topological polar surface area (TPSA) is 47.0 Å². The first kappa shape index (κ1) is 16.6. The Hall–Kier alpha value is -1.27. The molecule has 1 aliphatic rings. The minimum absolute atomic E-state index is 0.575. The molecular weight excluding hydrogens is 374 g/mol. The van der Waals surface area contributed by atoms with Crippen LogP contribution in [0.5, 0.6) is 5.75 Å². The molecule has 1 aromatic carbocycles. The van der Waals surface area contributed by atoms with Crippen LogP contribution in [0.15, 0.2) is 33.8 Å². The van der Waals surface area contributed by atoms with Crippen molar-refractivity contribution in [1.29, 1.82) is 0 Å². The molecule has 1 aromatic heterocycles. The number of rotatable bonds is 6. The smallest absolute Gasteiger partial charge is 0.134 e. The van der Waals surface area contributed by atoms with E-state index in [4.69, 9.17) is 4.74 Å². The van der Waals surface area contributed by atoms with E-state index >= 15 is 0 Å². The van der Waals surface area contributed by atoms with E-state index < -0.39 is 0 Å². The molecule has 2 heterocycles. The number of hydrogen-bond donors (Lipinski definition) is 1. The summed E-state index contributed by atoms with van der Waals surface area (Å²) in [6, 6.07) is 7.87. The second-order valence-electron chi connectivity index (χ2n) is 5.49. The van der Waals surface area contributed by atoms with Crippen LogP contribution in [0.4, 0.5) is 5.82 Å². The highest BCUT2D eigenvalue weighted by Gasteiger charge is 2.24. The highest BCUT2D eigenvalue weighted by molar-refractivity contribution is 9.10. The van der Waals surface area contributed by atoms with E-state index in [1.54, 1.807) is 0 Å². The lowest BCUT2D eigenvalue weighted by Gasteiger charge is -2.12. The molecule has 0 radical (unpaired) electrons. The summed E-state index contributed by atoms with van der Waals surface area (Å²) < 4.78 is 6.80. The molecule has 0 amide bonds. The van der Waals surface area contributed by atoms with Gasteiger partial charge in [0.15, 0.2) is 0 Å². The summed E-state index contributed by atoms with van der Waals surface area (Å²) in [6.45, 7) is 5.65. The van der Waals surface area contributed by atoms with Crippen molar-refractivity contribution in [2.75, 3.05) is 18.5 Å². The molecule has 3 rings (SSSR count). The Balaban J connectivity index is 1.60. The van der Waals surface area contributed by atoms with Crippen molar-refractivity contribution in [2.24, 2.45) is 0 Å². The monoisotopic (exact) mass is 393 g/mol. The van der Waals surface area contributed by atoms with Crippen molar-refractivity contribution < 1.29 is 4.74 Å². The third-order valence-corrected chi connectivity index (χ3v) is 5.27. The average molecular weight is 394 g/mol. The van der Waals surface area contributed by atoms with E-state index in [2.05, 4.69) is 45.1 Å². The van der Waals surface area contributed by atoms with E-state index in [1.807, 2.05) is 36.0 Å². The number of aryl methyl sites for hydroxylation is 1. The number of ether oxygens (including phenoxy) is 1. The third-order valence-electron chi connectivity index (χ3n) is 3.61. The first-order chi connectivity index (χ1) is 11.2. The molecule has 6 heteroatoms. The lowest BCUT2D eigenvalue weighted by molar-refractivity contribution is 0.332. The fraction of sp³-hybridized carbons (Fsp3) is 0.412. The van der Waals surface area contributed by atoms with Gasteiger partial charge in [-0.15, -0.1) is 11.8 Å². The molecule has 0 fully saturated rings. The van der Waals surface area contributed by atoms with Gasteiger partial charge in [-0.25, -0.2) is 9.97 Å². The van der Waals surface area contributed by atoms with Gasteiger partial charge in [-0.1, -0.05) is 29.8 Å².